The standard InChI is InChI=1S/C24H41N5O11/c1-6-11(4)18(24(39)40)28-21(36)15(9-17(33)34)27-23(38)19(12(5)30)29-22(37)14(8-16(31)32)26-20(35)13(25)7-10(2)3/h10-15,18-19,30H,6-9,25H2,1-5H3,(H,26,35)(H,27,38)(H,28,36)(H,29,37)(H,31,32)(H,33,34)(H,39,40)/t11-,12+,13-,14-,15-,18-,19-/m0/s1. The van der Waals surface area contributed by atoms with Gasteiger partial charge < -0.3 is 47.4 Å². The summed E-state index contributed by atoms with van der Waals surface area (Å²) < 4.78 is 0. The van der Waals surface area contributed by atoms with E-state index in [-0.39, 0.29) is 12.3 Å². The third-order valence-corrected chi connectivity index (χ3v) is 5.92. The van der Waals surface area contributed by atoms with Crippen molar-refractivity contribution in [2.24, 2.45) is 17.6 Å². The lowest BCUT2D eigenvalue weighted by atomic mass is 9.98. The zero-order valence-corrected chi connectivity index (χ0v) is 23.2. The Labute approximate surface area is 231 Å². The smallest absolute Gasteiger partial charge is 0.326 e. The first-order valence-corrected chi connectivity index (χ1v) is 12.7. The molecule has 0 aromatic rings. The van der Waals surface area contributed by atoms with Crippen LogP contribution in [0.25, 0.3) is 0 Å². The highest BCUT2D eigenvalue weighted by atomic mass is 16.4. The number of aliphatic hydroxyl groups is 1. The molecule has 0 saturated heterocycles. The number of carbonyl (C=O) groups excluding carboxylic acids is 4. The van der Waals surface area contributed by atoms with Crippen LogP contribution in [-0.4, -0.2) is 98.3 Å². The van der Waals surface area contributed by atoms with Crippen LogP contribution in [0.1, 0.15) is 60.3 Å². The Balaban J connectivity index is 5.82. The molecular formula is C24H41N5O11. The minimum atomic E-state index is -1.82. The van der Waals surface area contributed by atoms with Gasteiger partial charge in [0.15, 0.2) is 0 Å². The molecule has 0 spiro atoms. The number of carboxylic acids is 3. The first kappa shape index (κ1) is 36.2. The summed E-state index contributed by atoms with van der Waals surface area (Å²) in [5.74, 6) is -9.23. The van der Waals surface area contributed by atoms with Gasteiger partial charge in [0.1, 0.15) is 24.2 Å². The van der Waals surface area contributed by atoms with E-state index in [0.29, 0.717) is 6.42 Å². The summed E-state index contributed by atoms with van der Waals surface area (Å²) in [6.07, 6.45) is -2.89. The normalized spacial score (nSPS) is 16.3. The fourth-order valence-corrected chi connectivity index (χ4v) is 3.52. The van der Waals surface area contributed by atoms with Crippen molar-refractivity contribution >= 4 is 41.5 Å². The average molecular weight is 576 g/mol. The van der Waals surface area contributed by atoms with Crippen LogP contribution in [0.15, 0.2) is 0 Å². The van der Waals surface area contributed by atoms with Gasteiger partial charge in [0.25, 0.3) is 0 Å². The SMILES string of the molecule is CC[C@H](C)[C@H](NC(=O)[C@H](CC(=O)O)NC(=O)[C@@H](NC(=O)[C@H](CC(=O)O)NC(=O)[C@@H](N)CC(C)C)[C@@H](C)O)C(=O)O. The lowest BCUT2D eigenvalue weighted by molar-refractivity contribution is -0.145. The molecule has 0 heterocycles. The maximum absolute atomic E-state index is 12.9. The van der Waals surface area contributed by atoms with Gasteiger partial charge in [0.05, 0.1) is 25.0 Å². The minimum Gasteiger partial charge on any atom is -0.481 e. The van der Waals surface area contributed by atoms with Crippen molar-refractivity contribution in [2.45, 2.75) is 96.6 Å². The van der Waals surface area contributed by atoms with Crippen LogP contribution in [-0.2, 0) is 33.6 Å². The summed E-state index contributed by atoms with van der Waals surface area (Å²) in [7, 11) is 0. The minimum absolute atomic E-state index is 0.0164. The van der Waals surface area contributed by atoms with E-state index in [0.717, 1.165) is 6.92 Å². The van der Waals surface area contributed by atoms with Crippen molar-refractivity contribution in [3.05, 3.63) is 0 Å². The fourth-order valence-electron chi connectivity index (χ4n) is 3.52. The number of hydrogen-bond donors (Lipinski definition) is 9. The highest BCUT2D eigenvalue weighted by Crippen LogP contribution is 2.09. The largest absolute Gasteiger partial charge is 0.481 e. The Kier molecular flexibility index (Phi) is 15.4. The Bertz CT molecular complexity index is 940. The summed E-state index contributed by atoms with van der Waals surface area (Å²) in [4.78, 5) is 85.1. The van der Waals surface area contributed by atoms with Crippen molar-refractivity contribution in [2.75, 3.05) is 0 Å². The van der Waals surface area contributed by atoms with Gasteiger partial charge in [-0.2, -0.15) is 0 Å². The average Bonchev–Trinajstić information content (AvgIpc) is 2.82. The van der Waals surface area contributed by atoms with E-state index in [4.69, 9.17) is 5.73 Å². The number of nitrogens with two attached hydrogens (primary N) is 1. The van der Waals surface area contributed by atoms with E-state index >= 15 is 0 Å². The number of carboxylic acid groups (broad SMARTS) is 3. The molecule has 7 atom stereocenters. The van der Waals surface area contributed by atoms with E-state index in [9.17, 15) is 54.0 Å². The third kappa shape index (κ3) is 12.8. The highest BCUT2D eigenvalue weighted by molar-refractivity contribution is 5.97. The monoisotopic (exact) mass is 575 g/mol. The van der Waals surface area contributed by atoms with E-state index in [1.54, 1.807) is 27.7 Å². The Morgan fingerprint density at radius 1 is 0.675 bits per heavy atom. The number of aliphatic carboxylic acids is 3. The van der Waals surface area contributed by atoms with Crippen LogP contribution in [0.5, 0.6) is 0 Å². The molecule has 16 heteroatoms. The first-order valence-electron chi connectivity index (χ1n) is 12.7. The van der Waals surface area contributed by atoms with Crippen LogP contribution in [0.3, 0.4) is 0 Å². The second-order valence-electron chi connectivity index (χ2n) is 9.99. The fraction of sp³-hybridized carbons (Fsp3) is 0.708. The molecule has 0 aromatic carbocycles. The number of hydrogen-bond acceptors (Lipinski definition) is 9. The van der Waals surface area contributed by atoms with Crippen molar-refractivity contribution < 1.29 is 54.0 Å². The number of rotatable bonds is 18. The molecule has 0 saturated carbocycles. The van der Waals surface area contributed by atoms with Crippen LogP contribution in [0.2, 0.25) is 0 Å². The summed E-state index contributed by atoms with van der Waals surface area (Å²) in [6.45, 7) is 7.90. The third-order valence-electron chi connectivity index (χ3n) is 5.92. The number of nitrogens with one attached hydrogen (secondary N) is 4. The van der Waals surface area contributed by atoms with Crippen molar-refractivity contribution in [1.82, 2.24) is 21.3 Å². The first-order chi connectivity index (χ1) is 18.4. The molecule has 0 bridgehead atoms. The van der Waals surface area contributed by atoms with Gasteiger partial charge in [0.2, 0.25) is 23.6 Å². The Morgan fingerprint density at radius 3 is 1.45 bits per heavy atom. The summed E-state index contributed by atoms with van der Waals surface area (Å²) in [6, 6.07) is -7.75. The molecule has 0 radical (unpaired) electrons. The number of carbonyl (C=O) groups is 7. The van der Waals surface area contributed by atoms with Gasteiger partial charge in [-0.05, 0) is 25.2 Å². The molecule has 40 heavy (non-hydrogen) atoms. The maximum Gasteiger partial charge on any atom is 0.326 e. The number of aliphatic hydroxyl groups excluding tert-OH is 1. The molecular weight excluding hydrogens is 534 g/mol. The molecule has 0 fully saturated rings. The molecule has 0 aliphatic heterocycles. The molecule has 228 valence electrons. The molecule has 16 nitrogen and oxygen atoms in total. The lowest BCUT2D eigenvalue weighted by Gasteiger charge is -2.27. The zero-order valence-electron chi connectivity index (χ0n) is 23.2. The second-order valence-corrected chi connectivity index (χ2v) is 9.99. The van der Waals surface area contributed by atoms with Crippen molar-refractivity contribution in [1.29, 1.82) is 0 Å². The van der Waals surface area contributed by atoms with Crippen molar-refractivity contribution in [3.63, 3.8) is 0 Å². The molecule has 10 N–H and O–H groups in total. The molecule has 0 aliphatic rings. The van der Waals surface area contributed by atoms with E-state index in [2.05, 4.69) is 21.3 Å². The van der Waals surface area contributed by atoms with E-state index < -0.39 is 96.6 Å². The Hall–Kier alpha value is -3.79. The summed E-state index contributed by atoms with van der Waals surface area (Å²) >= 11 is 0. The predicted octanol–water partition coefficient (Wildman–Crippen LogP) is -2.24. The molecule has 0 aromatic heterocycles. The highest BCUT2D eigenvalue weighted by Gasteiger charge is 2.35. The van der Waals surface area contributed by atoms with Gasteiger partial charge in [-0.25, -0.2) is 4.79 Å². The topological polar surface area (TPSA) is 275 Å². The lowest BCUT2D eigenvalue weighted by Crippen LogP contribution is -2.61. The summed E-state index contributed by atoms with van der Waals surface area (Å²) in [5, 5.41) is 46.5. The van der Waals surface area contributed by atoms with Crippen molar-refractivity contribution in [3.8, 4) is 0 Å². The quantitative estimate of drug-likeness (QED) is 0.0839. The molecule has 4 amide bonds. The number of amides is 4. The van der Waals surface area contributed by atoms with Gasteiger partial charge in [-0.3, -0.25) is 28.8 Å². The predicted molar refractivity (Wildman–Crippen MR) is 138 cm³/mol. The van der Waals surface area contributed by atoms with Crippen LogP contribution in [0, 0.1) is 11.8 Å². The molecule has 0 rings (SSSR count). The molecule has 0 unspecified atom stereocenters. The van der Waals surface area contributed by atoms with Crippen LogP contribution < -0.4 is 27.0 Å². The Morgan fingerprint density at radius 2 is 1.10 bits per heavy atom. The second kappa shape index (κ2) is 17.0. The van der Waals surface area contributed by atoms with E-state index in [1.807, 2.05) is 0 Å². The van der Waals surface area contributed by atoms with Crippen LogP contribution >= 0.6 is 0 Å². The van der Waals surface area contributed by atoms with Gasteiger partial charge in [-0.1, -0.05) is 34.1 Å². The van der Waals surface area contributed by atoms with Crippen LogP contribution in [0.4, 0.5) is 0 Å². The van der Waals surface area contributed by atoms with Gasteiger partial charge in [-0.15, -0.1) is 0 Å². The zero-order chi connectivity index (χ0) is 31.3. The summed E-state index contributed by atoms with van der Waals surface area (Å²) in [5.41, 5.74) is 5.78. The van der Waals surface area contributed by atoms with Gasteiger partial charge in [0, 0.05) is 0 Å². The van der Waals surface area contributed by atoms with Gasteiger partial charge >= 0.3 is 17.9 Å². The van der Waals surface area contributed by atoms with E-state index in [1.165, 1.54) is 0 Å². The molecule has 0 aliphatic carbocycles. The maximum atomic E-state index is 12.9.